The molecule has 29 heavy (non-hydrogen) atoms. The van der Waals surface area contributed by atoms with Gasteiger partial charge in [0.2, 0.25) is 0 Å². The fourth-order valence-corrected chi connectivity index (χ4v) is 4.24. The molecule has 0 spiro atoms. The zero-order chi connectivity index (χ0) is 20.9. The van der Waals surface area contributed by atoms with Gasteiger partial charge in [-0.2, -0.15) is 0 Å². The first-order chi connectivity index (χ1) is 14.0. The molecular weight excluding hydrogens is 372 g/mol. The average molecular weight is 405 g/mol. The van der Waals surface area contributed by atoms with Crippen molar-refractivity contribution in [3.63, 3.8) is 0 Å². The molecule has 0 radical (unpaired) electrons. The number of piperazine rings is 1. The van der Waals surface area contributed by atoms with E-state index in [4.69, 9.17) is 9.47 Å². The Morgan fingerprint density at radius 3 is 2.34 bits per heavy atom. The Labute approximate surface area is 172 Å². The van der Waals surface area contributed by atoms with E-state index in [9.17, 15) is 9.59 Å². The van der Waals surface area contributed by atoms with Crippen LogP contribution < -0.4 is 9.64 Å². The van der Waals surface area contributed by atoms with E-state index in [1.807, 2.05) is 12.1 Å². The molecule has 0 saturated carbocycles. The highest BCUT2D eigenvalue weighted by atomic mass is 16.7. The molecule has 2 heterocycles. The van der Waals surface area contributed by atoms with Crippen LogP contribution in [0.25, 0.3) is 0 Å². The highest BCUT2D eigenvalue weighted by Crippen LogP contribution is 2.41. The zero-order valence-electron chi connectivity index (χ0n) is 17.7. The van der Waals surface area contributed by atoms with Crippen LogP contribution >= 0.6 is 0 Å². The van der Waals surface area contributed by atoms with Crippen molar-refractivity contribution in [3.8, 4) is 5.75 Å². The van der Waals surface area contributed by atoms with E-state index >= 15 is 0 Å². The lowest BCUT2D eigenvalue weighted by Gasteiger charge is -2.36. The van der Waals surface area contributed by atoms with Gasteiger partial charge in [-0.15, -0.1) is 0 Å². The first kappa shape index (κ1) is 21.4. The fourth-order valence-electron chi connectivity index (χ4n) is 4.24. The molecule has 0 aromatic heterocycles. The Hall–Kier alpha value is -2.28. The van der Waals surface area contributed by atoms with Gasteiger partial charge in [0, 0.05) is 44.8 Å². The van der Waals surface area contributed by atoms with Crippen LogP contribution in [0.15, 0.2) is 24.3 Å². The van der Waals surface area contributed by atoms with Gasteiger partial charge in [0.1, 0.15) is 11.9 Å². The predicted molar refractivity (Wildman–Crippen MR) is 110 cm³/mol. The minimum absolute atomic E-state index is 0.00283. The van der Waals surface area contributed by atoms with E-state index < -0.39 is 6.16 Å². The summed E-state index contributed by atoms with van der Waals surface area (Å²) in [6.45, 7) is 8.97. The van der Waals surface area contributed by atoms with Gasteiger partial charge in [0.05, 0.1) is 12.5 Å². The smallest absolute Gasteiger partial charge is 0.462 e. The molecule has 0 N–H and O–H groups in total. The van der Waals surface area contributed by atoms with Crippen molar-refractivity contribution in [2.24, 2.45) is 5.41 Å². The van der Waals surface area contributed by atoms with Crippen molar-refractivity contribution in [2.75, 3.05) is 44.7 Å². The molecule has 160 valence electrons. The lowest BCUT2D eigenvalue weighted by atomic mass is 9.79. The summed E-state index contributed by atoms with van der Waals surface area (Å²) >= 11 is 0. The van der Waals surface area contributed by atoms with Crippen LogP contribution in [0.2, 0.25) is 0 Å². The van der Waals surface area contributed by atoms with E-state index in [0.29, 0.717) is 5.75 Å². The number of nitrogens with zero attached hydrogens (tertiary/aromatic N) is 2. The molecule has 1 unspecified atom stereocenters. The van der Waals surface area contributed by atoms with E-state index in [1.165, 1.54) is 7.11 Å². The maximum absolute atomic E-state index is 12.2. The third kappa shape index (κ3) is 5.01. The summed E-state index contributed by atoms with van der Waals surface area (Å²) in [5.74, 6) is 0.470. The Morgan fingerprint density at radius 1 is 1.14 bits per heavy atom. The minimum Gasteiger partial charge on any atom is -0.462 e. The van der Waals surface area contributed by atoms with Crippen LogP contribution in [-0.2, 0) is 14.3 Å². The van der Waals surface area contributed by atoms with Crippen molar-refractivity contribution in [1.82, 2.24) is 4.90 Å². The molecule has 2 saturated heterocycles. The second kappa shape index (κ2) is 9.48. The summed E-state index contributed by atoms with van der Waals surface area (Å²) in [7, 11) is 1.29. The maximum atomic E-state index is 12.2. The molecule has 2 aliphatic rings. The van der Waals surface area contributed by atoms with E-state index in [0.717, 1.165) is 64.1 Å². The molecule has 1 aromatic rings. The Bertz CT molecular complexity index is 694. The fraction of sp³-hybridized carbons (Fsp3) is 0.636. The molecule has 1 aromatic carbocycles. The van der Waals surface area contributed by atoms with Crippen molar-refractivity contribution in [2.45, 2.75) is 45.6 Å². The average Bonchev–Trinajstić information content (AvgIpc) is 3.09. The normalized spacial score (nSPS) is 21.7. The SMILES string of the molecule is CCC1(CC)CC(CCN2CCN(c3ccc(OC(=O)OC)cc3)CC2)OC1=O. The first-order valence-electron chi connectivity index (χ1n) is 10.5. The molecule has 7 heteroatoms. The zero-order valence-corrected chi connectivity index (χ0v) is 17.7. The van der Waals surface area contributed by atoms with E-state index in [-0.39, 0.29) is 17.5 Å². The number of esters is 1. The van der Waals surface area contributed by atoms with Gasteiger partial charge in [-0.1, -0.05) is 13.8 Å². The van der Waals surface area contributed by atoms with Gasteiger partial charge in [-0.05, 0) is 43.5 Å². The van der Waals surface area contributed by atoms with Gasteiger partial charge in [0.25, 0.3) is 0 Å². The van der Waals surface area contributed by atoms with Crippen molar-refractivity contribution in [1.29, 1.82) is 0 Å². The Morgan fingerprint density at radius 2 is 1.79 bits per heavy atom. The third-order valence-electron chi connectivity index (χ3n) is 6.39. The molecule has 0 aliphatic carbocycles. The number of hydrogen-bond donors (Lipinski definition) is 0. The Kier molecular flexibility index (Phi) is 7.00. The van der Waals surface area contributed by atoms with Crippen LogP contribution in [-0.4, -0.2) is 63.0 Å². The quantitative estimate of drug-likeness (QED) is 0.509. The molecule has 2 aliphatic heterocycles. The molecule has 0 bridgehead atoms. The van der Waals surface area contributed by atoms with E-state index in [1.54, 1.807) is 12.1 Å². The van der Waals surface area contributed by atoms with E-state index in [2.05, 4.69) is 28.4 Å². The number of hydrogen-bond acceptors (Lipinski definition) is 7. The van der Waals surface area contributed by atoms with Crippen LogP contribution in [0.3, 0.4) is 0 Å². The molecule has 0 amide bonds. The number of methoxy groups -OCH3 is 1. The third-order valence-corrected chi connectivity index (χ3v) is 6.39. The highest BCUT2D eigenvalue weighted by molar-refractivity contribution is 5.78. The number of rotatable bonds is 7. The van der Waals surface area contributed by atoms with Gasteiger partial charge in [0.15, 0.2) is 0 Å². The maximum Gasteiger partial charge on any atom is 0.513 e. The van der Waals surface area contributed by atoms with Gasteiger partial charge in [-0.25, -0.2) is 4.79 Å². The van der Waals surface area contributed by atoms with Gasteiger partial charge in [-0.3, -0.25) is 9.69 Å². The Balaban J connectivity index is 1.43. The van der Waals surface area contributed by atoms with Crippen molar-refractivity contribution < 1.29 is 23.8 Å². The lowest BCUT2D eigenvalue weighted by Crippen LogP contribution is -2.47. The standard InChI is InChI=1S/C22H32N2O5/c1-4-22(5-2)16-19(28-20(22)25)10-11-23-12-14-24(15-13-23)17-6-8-18(9-7-17)29-21(26)27-3/h6-9,19H,4-5,10-16H2,1-3H3. The summed E-state index contributed by atoms with van der Waals surface area (Å²) < 4.78 is 15.2. The number of anilines is 1. The highest BCUT2D eigenvalue weighted by Gasteiger charge is 2.46. The van der Waals surface area contributed by atoms with Crippen molar-refractivity contribution in [3.05, 3.63) is 24.3 Å². The second-order valence-electron chi connectivity index (χ2n) is 7.89. The number of cyclic esters (lactones) is 1. The van der Waals surface area contributed by atoms with Crippen LogP contribution in [0, 0.1) is 5.41 Å². The monoisotopic (exact) mass is 404 g/mol. The molecule has 2 fully saturated rings. The first-order valence-corrected chi connectivity index (χ1v) is 10.5. The number of ether oxygens (including phenoxy) is 3. The number of benzene rings is 1. The van der Waals surface area contributed by atoms with Crippen LogP contribution in [0.1, 0.15) is 39.5 Å². The number of carbonyl (C=O) groups excluding carboxylic acids is 2. The summed E-state index contributed by atoms with van der Waals surface area (Å²) in [6, 6.07) is 7.48. The molecule has 7 nitrogen and oxygen atoms in total. The van der Waals surface area contributed by atoms with Gasteiger partial charge < -0.3 is 19.1 Å². The summed E-state index contributed by atoms with van der Waals surface area (Å²) in [4.78, 5) is 28.2. The van der Waals surface area contributed by atoms with Crippen LogP contribution in [0.4, 0.5) is 10.5 Å². The largest absolute Gasteiger partial charge is 0.513 e. The minimum atomic E-state index is -0.713. The summed E-state index contributed by atoms with van der Waals surface area (Å²) in [5.41, 5.74) is 0.856. The van der Waals surface area contributed by atoms with Crippen LogP contribution in [0.5, 0.6) is 5.75 Å². The lowest BCUT2D eigenvalue weighted by molar-refractivity contribution is -0.149. The second-order valence-corrected chi connectivity index (χ2v) is 7.89. The summed E-state index contributed by atoms with van der Waals surface area (Å²) in [5, 5.41) is 0. The topological polar surface area (TPSA) is 68.3 Å². The predicted octanol–water partition coefficient (Wildman–Crippen LogP) is 3.47. The van der Waals surface area contributed by atoms with Gasteiger partial charge >= 0.3 is 12.1 Å². The molecule has 1 atom stereocenters. The summed E-state index contributed by atoms with van der Waals surface area (Å²) in [6.07, 6.45) is 2.84. The van der Waals surface area contributed by atoms with Crippen molar-refractivity contribution >= 4 is 17.8 Å². The molecular formula is C22H32N2O5. The number of carbonyl (C=O) groups is 2. The molecule has 3 rings (SSSR count).